The van der Waals surface area contributed by atoms with Crippen LogP contribution in [0.25, 0.3) is 0 Å². The number of carbonyl (C=O) groups excluding carboxylic acids is 1. The number of ether oxygens (including phenoxy) is 2. The molecule has 4 aliphatic rings. The molecular formula is C30H50F3N5O3S. The Hall–Kier alpha value is -1.89. The van der Waals surface area contributed by atoms with Gasteiger partial charge >= 0.3 is 6.18 Å². The van der Waals surface area contributed by atoms with Gasteiger partial charge in [-0.15, -0.1) is 0 Å². The number of halogens is 3. The summed E-state index contributed by atoms with van der Waals surface area (Å²) in [6.45, 7) is 11.0. The molecular weight excluding hydrogens is 567 g/mol. The van der Waals surface area contributed by atoms with Gasteiger partial charge in [-0.1, -0.05) is 39.5 Å². The van der Waals surface area contributed by atoms with E-state index in [-0.39, 0.29) is 36.6 Å². The van der Waals surface area contributed by atoms with E-state index in [4.69, 9.17) is 9.47 Å². The van der Waals surface area contributed by atoms with Crippen LogP contribution >= 0.6 is 11.8 Å². The van der Waals surface area contributed by atoms with Gasteiger partial charge in [0.1, 0.15) is 0 Å². The van der Waals surface area contributed by atoms with E-state index in [2.05, 4.69) is 20.2 Å². The Bertz CT molecular complexity index is 995. The van der Waals surface area contributed by atoms with Crippen LogP contribution in [0, 0.1) is 5.92 Å². The number of pyridine rings is 1. The maximum absolute atomic E-state index is 13.1. The summed E-state index contributed by atoms with van der Waals surface area (Å²) in [6.07, 6.45) is 0.293. The highest BCUT2D eigenvalue weighted by molar-refractivity contribution is 8.14. The Kier molecular flexibility index (Phi) is 15.6. The first-order valence-electron chi connectivity index (χ1n) is 15.2. The first kappa shape index (κ1) is 36.3. The zero-order chi connectivity index (χ0) is 31.3. The number of nitrogens with zero attached hydrogens (tertiary/aromatic N) is 4. The number of aromatic nitrogens is 1. The van der Waals surface area contributed by atoms with Crippen LogP contribution in [0.5, 0.6) is 0 Å². The number of fused-ring (bicyclic) bond motifs is 1. The normalized spacial score (nSPS) is 25.0. The molecule has 8 nitrogen and oxygen atoms in total. The Morgan fingerprint density at radius 2 is 1.93 bits per heavy atom. The predicted molar refractivity (Wildman–Crippen MR) is 164 cm³/mol. The van der Waals surface area contributed by atoms with E-state index in [1.54, 1.807) is 12.0 Å². The first-order chi connectivity index (χ1) is 20.2. The fraction of sp³-hybridized carbons (Fsp3) is 0.767. The van der Waals surface area contributed by atoms with Crippen molar-refractivity contribution in [3.63, 3.8) is 0 Å². The average molecular weight is 618 g/mol. The number of thioether (sulfide) groups is 1. The van der Waals surface area contributed by atoms with Gasteiger partial charge in [0.15, 0.2) is 5.17 Å². The zero-order valence-corrected chi connectivity index (χ0v) is 27.1. The van der Waals surface area contributed by atoms with Gasteiger partial charge in [-0.25, -0.2) is 0 Å². The molecule has 1 aliphatic carbocycles. The van der Waals surface area contributed by atoms with E-state index < -0.39 is 11.7 Å². The summed E-state index contributed by atoms with van der Waals surface area (Å²) in [7, 11) is 5.73. The Morgan fingerprint density at radius 3 is 2.52 bits per heavy atom. The number of hydrogen-bond acceptors (Lipinski definition) is 8. The Morgan fingerprint density at radius 1 is 1.19 bits per heavy atom. The molecule has 3 aliphatic heterocycles. The highest BCUT2D eigenvalue weighted by Gasteiger charge is 2.37. The van der Waals surface area contributed by atoms with E-state index in [1.807, 2.05) is 53.6 Å². The molecule has 240 valence electrons. The summed E-state index contributed by atoms with van der Waals surface area (Å²) in [5.41, 5.74) is 0.398. The minimum atomic E-state index is -4.43. The predicted octanol–water partition coefficient (Wildman–Crippen LogP) is 5.25. The lowest BCUT2D eigenvalue weighted by Gasteiger charge is -2.33. The van der Waals surface area contributed by atoms with Gasteiger partial charge in [-0.05, 0) is 37.3 Å². The number of nitrogens with one attached hydrogen (secondary N) is 1. The lowest BCUT2D eigenvalue weighted by atomic mass is 10.00. The Balaban J connectivity index is 0.000000435. The van der Waals surface area contributed by atoms with Gasteiger partial charge in [-0.3, -0.25) is 14.8 Å². The molecule has 4 unspecified atom stereocenters. The zero-order valence-electron chi connectivity index (χ0n) is 26.3. The molecule has 1 aromatic heterocycles. The van der Waals surface area contributed by atoms with E-state index in [0.29, 0.717) is 37.4 Å². The van der Waals surface area contributed by atoms with Gasteiger partial charge in [0.25, 0.3) is 0 Å². The molecule has 1 aromatic rings. The highest BCUT2D eigenvalue weighted by atomic mass is 32.2. The molecule has 5 rings (SSSR count). The van der Waals surface area contributed by atoms with Crippen LogP contribution in [0.1, 0.15) is 70.2 Å². The summed E-state index contributed by atoms with van der Waals surface area (Å²) in [6, 6.07) is 1.60. The van der Waals surface area contributed by atoms with Gasteiger partial charge in [0, 0.05) is 83.0 Å². The molecule has 1 saturated carbocycles. The van der Waals surface area contributed by atoms with E-state index >= 15 is 0 Å². The van der Waals surface area contributed by atoms with Crippen molar-refractivity contribution in [3.05, 3.63) is 29.1 Å². The number of methoxy groups -OCH3 is 1. The number of rotatable bonds is 4. The lowest BCUT2D eigenvalue weighted by Crippen LogP contribution is -2.50. The standard InChI is InChI=1S/C21H28F3N3O3.C5H10N2S.2C2H6/c1-29-19-12-30-7-5-18(19)26-16-3-2-13(9-16)20(28)27-6-4-17-14(11-27)8-15(10-25-17)21(22,23)24;1-7(2)5-6-3-4-8-5;2*1-2/h8,10,13,16,18-19,26H,2-7,9,11-12H2,1H3;3-4H2,1-2H3;2*1-2H3. The van der Waals surface area contributed by atoms with E-state index in [0.717, 1.165) is 50.2 Å². The number of alkyl halides is 3. The van der Waals surface area contributed by atoms with Crippen molar-refractivity contribution in [1.82, 2.24) is 20.1 Å². The summed E-state index contributed by atoms with van der Waals surface area (Å²) in [5, 5.41) is 4.81. The molecule has 42 heavy (non-hydrogen) atoms. The third-order valence-corrected chi connectivity index (χ3v) is 8.61. The van der Waals surface area contributed by atoms with Crippen molar-refractivity contribution in [2.45, 2.75) is 90.7 Å². The summed E-state index contributed by atoms with van der Waals surface area (Å²) in [4.78, 5) is 25.0. The van der Waals surface area contributed by atoms with Crippen LogP contribution in [0.3, 0.4) is 0 Å². The third kappa shape index (κ3) is 10.4. The van der Waals surface area contributed by atoms with Crippen molar-refractivity contribution in [2.75, 3.05) is 53.3 Å². The average Bonchev–Trinajstić information content (AvgIpc) is 3.72. The Labute approximate surface area is 254 Å². The minimum absolute atomic E-state index is 0.0161. The molecule has 2 fully saturated rings. The second-order valence-corrected chi connectivity index (χ2v) is 11.4. The van der Waals surface area contributed by atoms with Crippen molar-refractivity contribution >= 4 is 22.8 Å². The van der Waals surface area contributed by atoms with Gasteiger partial charge in [0.2, 0.25) is 5.91 Å². The number of aliphatic imine (C=N–C) groups is 1. The van der Waals surface area contributed by atoms with Crippen LogP contribution in [0.4, 0.5) is 13.2 Å². The molecule has 0 aromatic carbocycles. The number of amides is 1. The van der Waals surface area contributed by atoms with Crippen molar-refractivity contribution in [1.29, 1.82) is 0 Å². The van der Waals surface area contributed by atoms with Crippen molar-refractivity contribution < 1.29 is 27.4 Å². The smallest absolute Gasteiger partial charge is 0.379 e. The molecule has 12 heteroatoms. The van der Waals surface area contributed by atoms with Crippen LogP contribution < -0.4 is 5.32 Å². The fourth-order valence-electron chi connectivity index (χ4n) is 5.42. The molecule has 0 bridgehead atoms. The number of amidine groups is 1. The SMILES string of the molecule is CC.CC.CN(C)C1=NCCS1.COC1COCCC1NC1CCC(C(=O)N2CCc3ncc(C(F)(F)F)cc3C2)C1. The summed E-state index contributed by atoms with van der Waals surface area (Å²) < 4.78 is 50.0. The third-order valence-electron chi connectivity index (χ3n) is 7.47. The van der Waals surface area contributed by atoms with Crippen LogP contribution in [-0.4, -0.2) is 97.3 Å². The van der Waals surface area contributed by atoms with Crippen LogP contribution in [0.2, 0.25) is 0 Å². The monoisotopic (exact) mass is 617 g/mol. The first-order valence-corrected chi connectivity index (χ1v) is 16.2. The largest absolute Gasteiger partial charge is 0.417 e. The lowest BCUT2D eigenvalue weighted by molar-refractivity contribution is -0.138. The maximum Gasteiger partial charge on any atom is 0.417 e. The van der Waals surface area contributed by atoms with Gasteiger partial charge in [-0.2, -0.15) is 13.2 Å². The molecule has 1 N–H and O–H groups in total. The van der Waals surface area contributed by atoms with Crippen molar-refractivity contribution in [3.8, 4) is 0 Å². The highest BCUT2D eigenvalue weighted by Crippen LogP contribution is 2.33. The molecule has 0 radical (unpaired) electrons. The van der Waals surface area contributed by atoms with E-state index in [1.165, 1.54) is 5.17 Å². The van der Waals surface area contributed by atoms with Crippen LogP contribution in [0.15, 0.2) is 17.3 Å². The van der Waals surface area contributed by atoms with Crippen LogP contribution in [-0.2, 0) is 33.4 Å². The molecule has 1 saturated heterocycles. The minimum Gasteiger partial charge on any atom is -0.379 e. The second-order valence-electron chi connectivity index (χ2n) is 10.4. The quantitative estimate of drug-likeness (QED) is 0.495. The topological polar surface area (TPSA) is 79.3 Å². The number of hydrogen-bond donors (Lipinski definition) is 1. The molecule has 4 heterocycles. The van der Waals surface area contributed by atoms with Gasteiger partial charge < -0.3 is 24.6 Å². The summed E-state index contributed by atoms with van der Waals surface area (Å²) >= 11 is 1.83. The second kappa shape index (κ2) is 18.0. The molecule has 0 spiro atoms. The fourth-order valence-corrected chi connectivity index (χ4v) is 6.22. The van der Waals surface area contributed by atoms with E-state index in [9.17, 15) is 18.0 Å². The van der Waals surface area contributed by atoms with Gasteiger partial charge in [0.05, 0.1) is 24.8 Å². The van der Waals surface area contributed by atoms with Crippen molar-refractivity contribution in [2.24, 2.45) is 10.9 Å². The summed E-state index contributed by atoms with van der Waals surface area (Å²) in [5.74, 6) is 1.11. The maximum atomic E-state index is 13.1. The molecule has 4 atom stereocenters. The number of carbonyl (C=O) groups is 1. The molecule has 1 amide bonds.